The second-order valence-electron chi connectivity index (χ2n) is 14.6. The van der Waals surface area contributed by atoms with Crippen LogP contribution in [0.5, 0.6) is 0 Å². The van der Waals surface area contributed by atoms with Crippen LogP contribution in [0.15, 0.2) is 78.0 Å². The summed E-state index contributed by atoms with van der Waals surface area (Å²) >= 11 is 1.71. The molecule has 0 amide bonds. The molecule has 50 heavy (non-hydrogen) atoms. The van der Waals surface area contributed by atoms with Crippen LogP contribution in [-0.2, 0) is 36.7 Å². The van der Waals surface area contributed by atoms with Crippen LogP contribution in [0.1, 0.15) is 99.1 Å². The van der Waals surface area contributed by atoms with Gasteiger partial charge in [0.05, 0.1) is 17.6 Å². The molecular weight excluding hydrogens is 813 g/mol. The van der Waals surface area contributed by atoms with Crippen LogP contribution in [0.3, 0.4) is 0 Å². The van der Waals surface area contributed by atoms with Gasteiger partial charge in [0.1, 0.15) is 10.5 Å². The average Bonchev–Trinajstić information content (AvgIpc) is 3.54. The van der Waals surface area contributed by atoms with E-state index in [0.717, 1.165) is 64.8 Å². The zero-order chi connectivity index (χ0) is 35.9. The molecule has 1 radical (unpaired) electrons. The number of aromatic nitrogens is 2. The smallest absolute Gasteiger partial charge is 0.162 e. The minimum Gasteiger partial charge on any atom is -0.512 e. The fraction of sp³-hybridized carbons (Fsp3) is 0.409. The number of ketones is 1. The summed E-state index contributed by atoms with van der Waals surface area (Å²) in [5.41, 5.74) is 6.92. The molecule has 6 heteroatoms. The van der Waals surface area contributed by atoms with E-state index in [9.17, 15) is 9.90 Å². The van der Waals surface area contributed by atoms with Gasteiger partial charge in [-0.3, -0.25) is 4.79 Å². The van der Waals surface area contributed by atoms with Crippen LogP contribution in [0.25, 0.3) is 43.5 Å². The topological polar surface area (TPSA) is 54.1 Å². The maximum absolute atomic E-state index is 11.7. The van der Waals surface area contributed by atoms with E-state index in [-0.39, 0.29) is 48.9 Å². The van der Waals surface area contributed by atoms with Crippen molar-refractivity contribution in [3.8, 4) is 22.5 Å². The third-order valence-corrected chi connectivity index (χ3v) is 10.2. The summed E-state index contributed by atoms with van der Waals surface area (Å²) in [7, 11) is 4.28. The average molecular weight is 868 g/mol. The van der Waals surface area contributed by atoms with E-state index in [0.29, 0.717) is 5.92 Å². The first-order chi connectivity index (χ1) is 23.3. The molecule has 0 bridgehead atoms. The molecule has 3 aromatic heterocycles. The maximum Gasteiger partial charge on any atom is 0.162 e. The van der Waals surface area contributed by atoms with Gasteiger partial charge in [0.15, 0.2) is 5.78 Å². The van der Waals surface area contributed by atoms with Crippen LogP contribution in [-0.4, -0.2) is 15.9 Å². The number of pyridine rings is 2. The molecule has 269 valence electrons. The van der Waals surface area contributed by atoms with Gasteiger partial charge in [-0.05, 0) is 84.2 Å². The van der Waals surface area contributed by atoms with Crippen LogP contribution in [0.4, 0.5) is 0 Å². The van der Waals surface area contributed by atoms with Gasteiger partial charge in [0, 0.05) is 50.5 Å². The number of thiophene rings is 1. The molecule has 3 heterocycles. The Morgan fingerprint density at radius 1 is 0.960 bits per heavy atom. The summed E-state index contributed by atoms with van der Waals surface area (Å²) < 4.78 is 1.94. The number of nitrogens with zero attached hydrogens (tertiary/aromatic N) is 2. The summed E-state index contributed by atoms with van der Waals surface area (Å²) in [6, 6.07) is 23.3. The first-order valence-electron chi connectivity index (χ1n) is 17.9. The molecule has 0 spiro atoms. The van der Waals surface area contributed by atoms with E-state index in [2.05, 4.69) is 108 Å². The standard InChI is InChI=1S/C31H31N2S.C13H24O2.Ir/c1-20(2)15-23-18-28(32-30-26(23)12-14-34-30)22-11-13-33(6)29(19-22)24-16-21-9-7-8-10-25(21)27(17-24)31(3,4)5;1-5-10(6-2)12(14)9-13(15)11(7-3)8-4;/h7-14,17-20H,6,15H2,1-5H3;9-11,14H,5-8H2,1-4H3;/q-1;;/b;12-9-;. The van der Waals surface area contributed by atoms with Crippen molar-refractivity contribution in [3.05, 3.63) is 102 Å². The minimum atomic E-state index is 0. The van der Waals surface area contributed by atoms with Gasteiger partial charge in [0.25, 0.3) is 0 Å². The summed E-state index contributed by atoms with van der Waals surface area (Å²) in [4.78, 5) is 17.8. The molecule has 5 aromatic rings. The number of allylic oxidation sites excluding steroid dienone is 2. The normalized spacial score (nSPS) is 12.0. The van der Waals surface area contributed by atoms with Crippen molar-refractivity contribution in [3.63, 3.8) is 0 Å². The minimum absolute atomic E-state index is 0. The molecular formula is C44H55IrN2O2S-. The van der Waals surface area contributed by atoms with E-state index < -0.39 is 0 Å². The molecule has 0 atom stereocenters. The van der Waals surface area contributed by atoms with Crippen LogP contribution < -0.4 is 4.57 Å². The number of carbonyl (C=O) groups excluding carboxylic acids is 1. The predicted molar refractivity (Wildman–Crippen MR) is 209 cm³/mol. The maximum atomic E-state index is 11.7. The third-order valence-electron chi connectivity index (χ3n) is 9.42. The number of fused-ring (bicyclic) bond motifs is 2. The zero-order valence-corrected chi connectivity index (χ0v) is 34.6. The van der Waals surface area contributed by atoms with Gasteiger partial charge in [-0.25, -0.2) is 4.98 Å². The number of aliphatic hydroxyl groups excluding tert-OH is 1. The largest absolute Gasteiger partial charge is 0.512 e. The van der Waals surface area contributed by atoms with Crippen LogP contribution >= 0.6 is 11.3 Å². The fourth-order valence-corrected chi connectivity index (χ4v) is 7.27. The van der Waals surface area contributed by atoms with Crippen LogP contribution in [0, 0.1) is 30.9 Å². The van der Waals surface area contributed by atoms with Crippen molar-refractivity contribution in [2.45, 2.75) is 99.8 Å². The summed E-state index contributed by atoms with van der Waals surface area (Å²) in [5, 5.41) is 15.6. The van der Waals surface area contributed by atoms with Crippen molar-refractivity contribution < 1.29 is 34.6 Å². The number of benzene rings is 2. The van der Waals surface area contributed by atoms with E-state index in [1.54, 1.807) is 11.3 Å². The van der Waals surface area contributed by atoms with Gasteiger partial charge in [0.2, 0.25) is 0 Å². The molecule has 2 aromatic carbocycles. The molecule has 0 unspecified atom stereocenters. The van der Waals surface area contributed by atoms with Gasteiger partial charge < -0.3 is 9.67 Å². The van der Waals surface area contributed by atoms with Gasteiger partial charge in [-0.2, -0.15) is 0 Å². The molecule has 5 rings (SSSR count). The molecule has 0 aliphatic heterocycles. The van der Waals surface area contributed by atoms with Gasteiger partial charge in [-0.15, -0.1) is 40.5 Å². The van der Waals surface area contributed by atoms with Crippen molar-refractivity contribution in [2.75, 3.05) is 0 Å². The Morgan fingerprint density at radius 2 is 1.62 bits per heavy atom. The Bertz CT molecular complexity index is 1910. The van der Waals surface area contributed by atoms with Gasteiger partial charge in [-0.1, -0.05) is 91.5 Å². The number of hydrogen-bond acceptors (Lipinski definition) is 4. The molecule has 0 fully saturated rings. The summed E-state index contributed by atoms with van der Waals surface area (Å²) in [5.74, 6) is 1.14. The summed E-state index contributed by atoms with van der Waals surface area (Å²) in [6.07, 6.45) is 7.99. The Kier molecular flexibility index (Phi) is 15.0. The SMILES string of the molecule is CCC(CC)C(=O)/C=C(\O)C(CC)CC.[CH2-][n+]1ccc(-c2cc(CC(C)C)c3ccsc3n2)cc1-c1[c-]c2ccccc2c(C(C)(C)C)c1.[Ir]. The second-order valence-corrected chi connectivity index (χ2v) is 15.5. The molecule has 1 N–H and O–H groups in total. The first kappa shape index (κ1) is 41.1. The zero-order valence-electron chi connectivity index (χ0n) is 31.4. The summed E-state index contributed by atoms with van der Waals surface area (Å²) in [6.45, 7) is 19.4. The van der Waals surface area contributed by atoms with E-state index in [1.165, 1.54) is 28.0 Å². The second kappa shape index (κ2) is 18.3. The van der Waals surface area contributed by atoms with Crippen LogP contribution in [0.2, 0.25) is 0 Å². The van der Waals surface area contributed by atoms with E-state index in [4.69, 9.17) is 4.98 Å². The number of aliphatic hydroxyl groups is 1. The fourth-order valence-electron chi connectivity index (χ4n) is 6.46. The molecule has 0 saturated carbocycles. The van der Waals surface area contributed by atoms with Crippen molar-refractivity contribution in [2.24, 2.45) is 17.8 Å². The number of rotatable bonds is 11. The Morgan fingerprint density at radius 3 is 2.24 bits per heavy atom. The quantitative estimate of drug-likeness (QED) is 0.0623. The number of carbonyl (C=O) groups is 1. The monoisotopic (exact) mass is 868 g/mol. The molecule has 0 saturated heterocycles. The van der Waals surface area contributed by atoms with Crippen molar-refractivity contribution in [1.29, 1.82) is 0 Å². The molecule has 4 nitrogen and oxygen atoms in total. The predicted octanol–water partition coefficient (Wildman–Crippen LogP) is 11.9. The third kappa shape index (κ3) is 9.93. The Labute approximate surface area is 318 Å². The van der Waals surface area contributed by atoms with Crippen molar-refractivity contribution >= 4 is 38.1 Å². The molecule has 0 aliphatic rings. The van der Waals surface area contributed by atoms with E-state index >= 15 is 0 Å². The Balaban J connectivity index is 0.000000361. The first-order valence-corrected chi connectivity index (χ1v) is 18.8. The van der Waals surface area contributed by atoms with E-state index in [1.807, 2.05) is 38.5 Å². The Hall–Kier alpha value is -3.31. The van der Waals surface area contributed by atoms with Crippen molar-refractivity contribution in [1.82, 2.24) is 4.98 Å². The number of hydrogen-bond donors (Lipinski definition) is 1. The van der Waals surface area contributed by atoms with Gasteiger partial charge >= 0.3 is 0 Å². The molecule has 0 aliphatic carbocycles.